The normalized spacial score (nSPS) is 15.8. The number of thiophene rings is 1. The first kappa shape index (κ1) is 32.6. The molecule has 3 heterocycles. The van der Waals surface area contributed by atoms with E-state index in [1.54, 1.807) is 0 Å². The Hall–Kier alpha value is -6.68. The van der Waals surface area contributed by atoms with Crippen LogP contribution in [0.25, 0.3) is 77.0 Å². The number of fused-ring (bicyclic) bond motifs is 12. The second-order valence-corrected chi connectivity index (χ2v) is 16.6. The van der Waals surface area contributed by atoms with Crippen LogP contribution in [-0.2, 0) is 6.42 Å². The second-order valence-electron chi connectivity index (χ2n) is 15.5. The van der Waals surface area contributed by atoms with Crippen LogP contribution in [0.1, 0.15) is 34.8 Å². The Morgan fingerprint density at radius 2 is 1.18 bits per heavy atom. The molecule has 0 spiro atoms. The first-order chi connectivity index (χ1) is 28.3. The molecular weight excluding hydrogens is 709 g/mol. The molecule has 270 valence electrons. The van der Waals surface area contributed by atoms with E-state index in [4.69, 9.17) is 0 Å². The number of para-hydroxylation sites is 3. The van der Waals surface area contributed by atoms with Gasteiger partial charge in [-0.2, -0.15) is 0 Å². The van der Waals surface area contributed by atoms with Gasteiger partial charge in [-0.25, -0.2) is 0 Å². The first-order valence-electron chi connectivity index (χ1n) is 20.1. The largest absolute Gasteiger partial charge is 0.313 e. The molecule has 0 saturated carbocycles. The van der Waals surface area contributed by atoms with Crippen LogP contribution in [0.15, 0.2) is 188 Å². The molecule has 2 nitrogen and oxygen atoms in total. The number of aromatic nitrogens is 1. The summed E-state index contributed by atoms with van der Waals surface area (Å²) in [6.45, 7) is 0. The lowest BCUT2D eigenvalue weighted by Gasteiger charge is -2.37. The van der Waals surface area contributed by atoms with E-state index in [2.05, 4.69) is 198 Å². The van der Waals surface area contributed by atoms with Gasteiger partial charge in [-0.15, -0.1) is 11.3 Å². The molecule has 3 aliphatic rings. The predicted molar refractivity (Wildman–Crippen MR) is 243 cm³/mol. The van der Waals surface area contributed by atoms with Crippen LogP contribution in [0, 0.1) is 0 Å². The SMILES string of the molecule is C1=CC2CC(=C1)N(c1ccccc1-c1ccccc1-c1ccccc1)c1ccccc1-c1cc3c4ccccc4n(C4=Cc5sc6ccccc6c5CC4)c3cc12. The van der Waals surface area contributed by atoms with Gasteiger partial charge in [0.25, 0.3) is 0 Å². The van der Waals surface area contributed by atoms with Gasteiger partial charge in [0.2, 0.25) is 0 Å². The fraction of sp³-hybridized carbons (Fsp3) is 0.0741. The monoisotopic (exact) mass is 746 g/mol. The molecule has 3 heteroatoms. The highest BCUT2D eigenvalue weighted by molar-refractivity contribution is 7.20. The molecule has 12 rings (SSSR count). The molecule has 0 saturated heterocycles. The first-order valence-corrected chi connectivity index (χ1v) is 20.9. The van der Waals surface area contributed by atoms with E-state index in [0.717, 1.165) is 19.3 Å². The van der Waals surface area contributed by atoms with Crippen molar-refractivity contribution in [1.82, 2.24) is 4.57 Å². The maximum absolute atomic E-state index is 2.58. The molecule has 0 amide bonds. The predicted octanol–water partition coefficient (Wildman–Crippen LogP) is 15.0. The summed E-state index contributed by atoms with van der Waals surface area (Å²) in [5.74, 6) is 0.227. The van der Waals surface area contributed by atoms with E-state index in [1.807, 2.05) is 11.3 Å². The molecule has 2 bridgehead atoms. The van der Waals surface area contributed by atoms with E-state index in [-0.39, 0.29) is 5.92 Å². The Morgan fingerprint density at radius 3 is 2.00 bits per heavy atom. The van der Waals surface area contributed by atoms with Gasteiger partial charge in [0.15, 0.2) is 0 Å². The van der Waals surface area contributed by atoms with Gasteiger partial charge in [0.1, 0.15) is 0 Å². The number of nitrogens with zero attached hydrogens (tertiary/aromatic N) is 2. The van der Waals surface area contributed by atoms with Gasteiger partial charge < -0.3 is 9.47 Å². The van der Waals surface area contributed by atoms with Gasteiger partial charge in [-0.3, -0.25) is 0 Å². The highest BCUT2D eigenvalue weighted by Crippen LogP contribution is 2.52. The molecule has 1 aliphatic heterocycles. The Bertz CT molecular complexity index is 3170. The van der Waals surface area contributed by atoms with Gasteiger partial charge >= 0.3 is 0 Å². The van der Waals surface area contributed by atoms with E-state index in [0.29, 0.717) is 0 Å². The molecule has 0 radical (unpaired) electrons. The number of anilines is 2. The Balaban J connectivity index is 1.07. The third-order valence-corrected chi connectivity index (χ3v) is 13.6. The minimum Gasteiger partial charge on any atom is -0.313 e. The quantitative estimate of drug-likeness (QED) is 0.174. The van der Waals surface area contributed by atoms with Crippen molar-refractivity contribution in [2.45, 2.75) is 25.2 Å². The molecule has 9 aromatic rings. The number of hydrogen-bond acceptors (Lipinski definition) is 2. The number of hydrogen-bond donors (Lipinski definition) is 0. The van der Waals surface area contributed by atoms with Crippen molar-refractivity contribution < 1.29 is 0 Å². The van der Waals surface area contributed by atoms with Crippen LogP contribution in [0.3, 0.4) is 0 Å². The lowest BCUT2D eigenvalue weighted by molar-refractivity contribution is 0.792. The molecule has 7 aromatic carbocycles. The number of aryl methyl sites for hydroxylation is 1. The van der Waals surface area contributed by atoms with Crippen molar-refractivity contribution in [3.63, 3.8) is 0 Å². The standard InChI is InChI=1S/C54H38N2S/c1-2-15-35(16-3-1)39-19-4-5-20-40(39)41-21-6-10-25-49(41)55-37-18-14-17-36(31-37)46-34-52-48(33-47(46)42-22-7-11-26-50(42)55)43-23-8-12-27-51(43)56(52)38-29-30-45-44-24-9-13-28-53(44)57-54(45)32-38/h1-28,32-34,36H,29-31H2. The van der Waals surface area contributed by atoms with Crippen molar-refractivity contribution in [1.29, 1.82) is 0 Å². The highest BCUT2D eigenvalue weighted by Gasteiger charge is 2.31. The number of benzene rings is 7. The summed E-state index contributed by atoms with van der Waals surface area (Å²) in [4.78, 5) is 3.95. The third-order valence-electron chi connectivity index (χ3n) is 12.4. The maximum Gasteiger partial charge on any atom is 0.0541 e. The summed E-state index contributed by atoms with van der Waals surface area (Å²) in [7, 11) is 0. The van der Waals surface area contributed by atoms with Crippen LogP contribution >= 0.6 is 11.3 Å². The lowest BCUT2D eigenvalue weighted by atomic mass is 9.81. The summed E-state index contributed by atoms with van der Waals surface area (Å²) >= 11 is 1.93. The maximum atomic E-state index is 2.58. The van der Waals surface area contributed by atoms with Crippen molar-refractivity contribution in [3.05, 3.63) is 204 Å². The molecule has 57 heavy (non-hydrogen) atoms. The molecule has 2 aliphatic carbocycles. The molecule has 0 N–H and O–H groups in total. The fourth-order valence-electron chi connectivity index (χ4n) is 9.89. The Labute approximate surface area is 336 Å². The number of allylic oxidation sites excluding steroid dienone is 5. The molecule has 1 atom stereocenters. The van der Waals surface area contributed by atoms with Crippen LogP contribution in [-0.4, -0.2) is 4.57 Å². The van der Waals surface area contributed by atoms with E-state index >= 15 is 0 Å². The zero-order valence-corrected chi connectivity index (χ0v) is 32.2. The summed E-state index contributed by atoms with van der Waals surface area (Å²) < 4.78 is 3.96. The average molecular weight is 747 g/mol. The van der Waals surface area contributed by atoms with Gasteiger partial charge in [-0.05, 0) is 107 Å². The zero-order valence-electron chi connectivity index (χ0n) is 31.4. The molecular formula is C54H38N2S. The topological polar surface area (TPSA) is 8.17 Å². The second kappa shape index (κ2) is 12.9. The zero-order chi connectivity index (χ0) is 37.5. The molecule has 0 fully saturated rings. The van der Waals surface area contributed by atoms with Crippen molar-refractivity contribution in [3.8, 4) is 33.4 Å². The van der Waals surface area contributed by atoms with Crippen molar-refractivity contribution >= 4 is 66.4 Å². The average Bonchev–Trinajstić information content (AvgIpc) is 3.81. The van der Waals surface area contributed by atoms with E-state index < -0.39 is 0 Å². The summed E-state index contributed by atoms with van der Waals surface area (Å²) in [6.07, 6.45) is 12.5. The summed E-state index contributed by atoms with van der Waals surface area (Å²) in [6, 6.07) is 60.7. The molecule has 1 unspecified atom stereocenters. The van der Waals surface area contributed by atoms with Crippen LogP contribution in [0.5, 0.6) is 0 Å². The third kappa shape index (κ3) is 5.09. The summed E-state index contributed by atoms with van der Waals surface area (Å²) in [5, 5.41) is 4.03. The van der Waals surface area contributed by atoms with Crippen molar-refractivity contribution in [2.75, 3.05) is 4.90 Å². The fourth-order valence-corrected chi connectivity index (χ4v) is 11.1. The van der Waals surface area contributed by atoms with Crippen LogP contribution < -0.4 is 4.90 Å². The Kier molecular flexibility index (Phi) is 7.39. The smallest absolute Gasteiger partial charge is 0.0541 e. The number of rotatable bonds is 4. The highest BCUT2D eigenvalue weighted by atomic mass is 32.1. The van der Waals surface area contributed by atoms with Crippen LogP contribution in [0.2, 0.25) is 0 Å². The lowest BCUT2D eigenvalue weighted by Crippen LogP contribution is -2.23. The van der Waals surface area contributed by atoms with Crippen LogP contribution in [0.4, 0.5) is 11.4 Å². The van der Waals surface area contributed by atoms with Gasteiger partial charge in [0.05, 0.1) is 22.4 Å². The van der Waals surface area contributed by atoms with E-state index in [1.165, 1.54) is 104 Å². The van der Waals surface area contributed by atoms with E-state index in [9.17, 15) is 0 Å². The minimum atomic E-state index is 0.227. The molecule has 2 aromatic heterocycles. The van der Waals surface area contributed by atoms with Gasteiger partial charge in [-0.1, -0.05) is 140 Å². The van der Waals surface area contributed by atoms with Crippen molar-refractivity contribution in [2.24, 2.45) is 0 Å². The minimum absolute atomic E-state index is 0.227. The summed E-state index contributed by atoms with van der Waals surface area (Å²) in [5.41, 5.74) is 18.0. The Morgan fingerprint density at radius 1 is 0.509 bits per heavy atom. The van der Waals surface area contributed by atoms with Gasteiger partial charge in [0, 0.05) is 48.8 Å².